The van der Waals surface area contributed by atoms with Gasteiger partial charge in [0.05, 0.1) is 11.8 Å². The van der Waals surface area contributed by atoms with Crippen LogP contribution in [-0.4, -0.2) is 23.3 Å². The van der Waals surface area contributed by atoms with Crippen molar-refractivity contribution in [1.82, 2.24) is 4.90 Å². The molecule has 3 aliphatic rings. The van der Waals surface area contributed by atoms with Gasteiger partial charge in [0.1, 0.15) is 0 Å². The molecule has 5 atom stereocenters. The summed E-state index contributed by atoms with van der Waals surface area (Å²) >= 11 is 0. The Kier molecular flexibility index (Phi) is 2.80. The van der Waals surface area contributed by atoms with Gasteiger partial charge in [-0.05, 0) is 30.6 Å². The molecule has 2 bridgehead atoms. The predicted octanol–water partition coefficient (Wildman–Crippen LogP) is 2.23. The minimum absolute atomic E-state index is 0.0265. The van der Waals surface area contributed by atoms with Crippen molar-refractivity contribution < 1.29 is 9.59 Å². The summed E-state index contributed by atoms with van der Waals surface area (Å²) in [6.07, 6.45) is 7.51. The minimum atomic E-state index is -0.0265. The summed E-state index contributed by atoms with van der Waals surface area (Å²) in [5.41, 5.74) is 0. The molecule has 2 fully saturated rings. The third-order valence-electron chi connectivity index (χ3n) is 4.84. The van der Waals surface area contributed by atoms with Crippen molar-refractivity contribution in [2.24, 2.45) is 29.6 Å². The monoisotopic (exact) mass is 247 g/mol. The topological polar surface area (TPSA) is 37.4 Å². The van der Waals surface area contributed by atoms with E-state index < -0.39 is 0 Å². The maximum atomic E-state index is 12.4. The number of carbonyl (C=O) groups excluding carboxylic acids is 2. The summed E-state index contributed by atoms with van der Waals surface area (Å²) in [6.45, 7) is 4.89. The molecule has 3 heteroatoms. The molecule has 3 nitrogen and oxygen atoms in total. The van der Waals surface area contributed by atoms with E-state index in [0.29, 0.717) is 24.3 Å². The van der Waals surface area contributed by atoms with Gasteiger partial charge < -0.3 is 0 Å². The van der Waals surface area contributed by atoms with Crippen LogP contribution in [-0.2, 0) is 9.59 Å². The van der Waals surface area contributed by atoms with Crippen LogP contribution in [0, 0.1) is 29.6 Å². The Morgan fingerprint density at radius 1 is 1.22 bits per heavy atom. The van der Waals surface area contributed by atoms with Crippen LogP contribution in [0.2, 0.25) is 0 Å². The van der Waals surface area contributed by atoms with E-state index in [1.165, 1.54) is 0 Å². The molecule has 98 valence electrons. The average Bonchev–Trinajstić information content (AvgIpc) is 2.99. The van der Waals surface area contributed by atoms with E-state index in [0.717, 1.165) is 19.3 Å². The minimum Gasteiger partial charge on any atom is -0.282 e. The van der Waals surface area contributed by atoms with Crippen LogP contribution in [0.1, 0.15) is 33.1 Å². The van der Waals surface area contributed by atoms with Crippen LogP contribution >= 0.6 is 0 Å². The Hall–Kier alpha value is -1.12. The molecule has 1 saturated heterocycles. The molecule has 5 unspecified atom stereocenters. The average molecular weight is 247 g/mol. The molecule has 1 saturated carbocycles. The zero-order valence-electron chi connectivity index (χ0n) is 11.1. The largest absolute Gasteiger partial charge is 0.282 e. The van der Waals surface area contributed by atoms with Gasteiger partial charge in [-0.25, -0.2) is 0 Å². The number of hydrogen-bond donors (Lipinski definition) is 0. The van der Waals surface area contributed by atoms with E-state index in [9.17, 15) is 9.59 Å². The number of allylic oxidation sites excluding steroid dienone is 2. The zero-order chi connectivity index (χ0) is 12.9. The van der Waals surface area contributed by atoms with E-state index >= 15 is 0 Å². The third kappa shape index (κ3) is 1.56. The highest BCUT2D eigenvalue weighted by Gasteiger charge is 2.59. The fourth-order valence-corrected chi connectivity index (χ4v) is 4.04. The van der Waals surface area contributed by atoms with E-state index in [-0.39, 0.29) is 23.7 Å². The molecule has 2 amide bonds. The molecule has 0 N–H and O–H groups in total. The Labute approximate surface area is 108 Å². The second-order valence-corrected chi connectivity index (χ2v) is 6.18. The van der Waals surface area contributed by atoms with Gasteiger partial charge in [-0.15, -0.1) is 0 Å². The zero-order valence-corrected chi connectivity index (χ0v) is 11.1. The van der Waals surface area contributed by atoms with Gasteiger partial charge in [0.2, 0.25) is 11.8 Å². The van der Waals surface area contributed by atoms with Crippen molar-refractivity contribution in [1.29, 1.82) is 0 Å². The molecular weight excluding hydrogens is 226 g/mol. The van der Waals surface area contributed by atoms with Crippen LogP contribution in [0.15, 0.2) is 12.2 Å². The van der Waals surface area contributed by atoms with Gasteiger partial charge >= 0.3 is 0 Å². The lowest BCUT2D eigenvalue weighted by Gasteiger charge is -2.21. The fourth-order valence-electron chi connectivity index (χ4n) is 4.04. The lowest BCUT2D eigenvalue weighted by molar-refractivity contribution is -0.141. The number of rotatable bonds is 4. The SMILES string of the molecule is CCCC(C)CN1C(=O)C2C3C=CC(C3)C2C1=O. The van der Waals surface area contributed by atoms with Gasteiger partial charge in [0.25, 0.3) is 0 Å². The van der Waals surface area contributed by atoms with E-state index in [1.807, 2.05) is 0 Å². The maximum absolute atomic E-state index is 12.4. The van der Waals surface area contributed by atoms with E-state index in [2.05, 4.69) is 26.0 Å². The molecule has 0 aromatic heterocycles. The summed E-state index contributed by atoms with van der Waals surface area (Å²) in [7, 11) is 0. The van der Waals surface area contributed by atoms with Gasteiger partial charge in [-0.1, -0.05) is 32.4 Å². The van der Waals surface area contributed by atoms with Crippen LogP contribution in [0.4, 0.5) is 0 Å². The predicted molar refractivity (Wildman–Crippen MR) is 68.5 cm³/mol. The van der Waals surface area contributed by atoms with Gasteiger partial charge in [-0.2, -0.15) is 0 Å². The maximum Gasteiger partial charge on any atom is 0.233 e. The smallest absolute Gasteiger partial charge is 0.233 e. The van der Waals surface area contributed by atoms with E-state index in [1.54, 1.807) is 4.90 Å². The van der Waals surface area contributed by atoms with Crippen molar-refractivity contribution in [3.8, 4) is 0 Å². The van der Waals surface area contributed by atoms with Gasteiger partial charge in [0, 0.05) is 6.54 Å². The summed E-state index contributed by atoms with van der Waals surface area (Å²) in [6, 6.07) is 0. The van der Waals surface area contributed by atoms with Crippen molar-refractivity contribution in [3.63, 3.8) is 0 Å². The van der Waals surface area contributed by atoms with Crippen molar-refractivity contribution in [3.05, 3.63) is 12.2 Å². The first-order chi connectivity index (χ1) is 8.63. The number of nitrogens with zero attached hydrogens (tertiary/aromatic N) is 1. The summed E-state index contributed by atoms with van der Waals surface area (Å²) in [4.78, 5) is 26.4. The number of carbonyl (C=O) groups is 2. The number of hydrogen-bond acceptors (Lipinski definition) is 2. The molecule has 0 aromatic carbocycles. The Morgan fingerprint density at radius 3 is 2.28 bits per heavy atom. The Bertz CT molecular complexity index is 385. The van der Waals surface area contributed by atoms with Crippen LogP contribution < -0.4 is 0 Å². The first kappa shape index (κ1) is 11.9. The highest BCUT2D eigenvalue weighted by molar-refractivity contribution is 6.06. The Morgan fingerprint density at radius 2 is 1.78 bits per heavy atom. The van der Waals surface area contributed by atoms with Crippen LogP contribution in [0.5, 0.6) is 0 Å². The Balaban J connectivity index is 1.76. The number of imide groups is 1. The second-order valence-electron chi connectivity index (χ2n) is 6.18. The molecule has 0 aromatic rings. The van der Waals surface area contributed by atoms with E-state index in [4.69, 9.17) is 0 Å². The van der Waals surface area contributed by atoms with Crippen molar-refractivity contribution in [2.45, 2.75) is 33.1 Å². The fraction of sp³-hybridized carbons (Fsp3) is 0.733. The lowest BCUT2D eigenvalue weighted by atomic mass is 9.85. The number of amides is 2. The normalized spacial score (nSPS) is 38.7. The van der Waals surface area contributed by atoms with Crippen molar-refractivity contribution in [2.75, 3.05) is 6.54 Å². The number of likely N-dealkylation sites (tertiary alicyclic amines) is 1. The van der Waals surface area contributed by atoms with Crippen molar-refractivity contribution >= 4 is 11.8 Å². The highest BCUT2D eigenvalue weighted by atomic mass is 16.2. The molecule has 0 radical (unpaired) electrons. The molecule has 1 heterocycles. The van der Waals surface area contributed by atoms with Crippen LogP contribution in [0.25, 0.3) is 0 Å². The summed E-state index contributed by atoms with van der Waals surface area (Å²) in [5, 5.41) is 0. The number of fused-ring (bicyclic) bond motifs is 5. The quantitative estimate of drug-likeness (QED) is 0.564. The summed E-state index contributed by atoms with van der Waals surface area (Å²) < 4.78 is 0. The molecule has 0 spiro atoms. The highest BCUT2D eigenvalue weighted by Crippen LogP contribution is 2.52. The van der Waals surface area contributed by atoms with Crippen LogP contribution in [0.3, 0.4) is 0 Å². The third-order valence-corrected chi connectivity index (χ3v) is 4.84. The molecular formula is C15H21NO2. The first-order valence-electron chi connectivity index (χ1n) is 7.17. The molecule has 1 aliphatic heterocycles. The standard InChI is InChI=1S/C15H21NO2/c1-3-4-9(2)8-16-14(17)12-10-5-6-11(7-10)13(12)15(16)18/h5-6,9-13H,3-4,7-8H2,1-2H3. The summed E-state index contributed by atoms with van der Waals surface area (Å²) in [5.74, 6) is 1.25. The molecule has 18 heavy (non-hydrogen) atoms. The van der Waals surface area contributed by atoms with Gasteiger partial charge in [-0.3, -0.25) is 14.5 Å². The van der Waals surface area contributed by atoms with Gasteiger partial charge in [0.15, 0.2) is 0 Å². The first-order valence-corrected chi connectivity index (χ1v) is 7.17. The molecule has 3 rings (SSSR count). The molecule has 2 aliphatic carbocycles. The lowest BCUT2D eigenvalue weighted by Crippen LogP contribution is -2.36. The second kappa shape index (κ2) is 4.22.